The molecular weight excluding hydrogens is 230 g/mol. The number of aliphatic hydroxyl groups excluding tert-OH is 1. The van der Waals surface area contributed by atoms with Crippen molar-refractivity contribution in [3.63, 3.8) is 0 Å². The van der Waals surface area contributed by atoms with Crippen LogP contribution in [0.25, 0.3) is 0 Å². The lowest BCUT2D eigenvalue weighted by molar-refractivity contribution is 0.102. The molecule has 0 fully saturated rings. The average molecular weight is 241 g/mol. The van der Waals surface area contributed by atoms with Gasteiger partial charge in [-0.15, -0.1) is 0 Å². The van der Waals surface area contributed by atoms with E-state index in [0.717, 1.165) is 0 Å². The molecular formula is C13H11N3O2. The molecule has 1 aromatic carbocycles. The normalized spacial score (nSPS) is 9.39. The summed E-state index contributed by atoms with van der Waals surface area (Å²) in [6.45, 7) is -0.206. The molecule has 2 aromatic rings. The number of rotatable bonds is 2. The number of amides is 1. The van der Waals surface area contributed by atoms with Gasteiger partial charge in [0.25, 0.3) is 5.91 Å². The van der Waals surface area contributed by atoms with E-state index in [4.69, 9.17) is 5.11 Å². The Morgan fingerprint density at radius 1 is 1.50 bits per heavy atom. The van der Waals surface area contributed by atoms with Crippen molar-refractivity contribution in [2.45, 2.75) is 0 Å². The molecule has 0 aliphatic rings. The van der Waals surface area contributed by atoms with E-state index in [2.05, 4.69) is 27.1 Å². The van der Waals surface area contributed by atoms with Gasteiger partial charge in [0.1, 0.15) is 6.61 Å². The lowest BCUT2D eigenvalue weighted by Gasteiger charge is -2.02. The van der Waals surface area contributed by atoms with Gasteiger partial charge in [0.15, 0.2) is 0 Å². The Kier molecular flexibility index (Phi) is 3.74. The number of anilines is 1. The van der Waals surface area contributed by atoms with Crippen LogP contribution in [-0.4, -0.2) is 27.6 Å². The number of hydrogen-bond donors (Lipinski definition) is 3. The number of carbonyl (C=O) groups is 1. The van der Waals surface area contributed by atoms with Crippen LogP contribution in [0.1, 0.15) is 15.9 Å². The summed E-state index contributed by atoms with van der Waals surface area (Å²) in [6, 6.07) is 6.84. The van der Waals surface area contributed by atoms with E-state index >= 15 is 0 Å². The van der Waals surface area contributed by atoms with Gasteiger partial charge in [0.2, 0.25) is 5.95 Å². The molecule has 0 unspecified atom stereocenters. The Morgan fingerprint density at radius 2 is 2.39 bits per heavy atom. The van der Waals surface area contributed by atoms with Gasteiger partial charge in [-0.25, -0.2) is 4.98 Å². The second-order valence-electron chi connectivity index (χ2n) is 3.43. The van der Waals surface area contributed by atoms with Crippen molar-refractivity contribution in [3.8, 4) is 11.8 Å². The highest BCUT2D eigenvalue weighted by molar-refractivity contribution is 6.03. The van der Waals surface area contributed by atoms with Gasteiger partial charge < -0.3 is 10.1 Å². The molecule has 0 atom stereocenters. The SMILES string of the molecule is O=C(Nc1ncc[nH]1)c1cccc(C#CCO)c1. The van der Waals surface area contributed by atoms with Crippen LogP contribution in [-0.2, 0) is 0 Å². The molecule has 0 aliphatic carbocycles. The van der Waals surface area contributed by atoms with Crippen molar-refractivity contribution < 1.29 is 9.90 Å². The maximum absolute atomic E-state index is 11.9. The van der Waals surface area contributed by atoms with Crippen LogP contribution >= 0.6 is 0 Å². The van der Waals surface area contributed by atoms with E-state index in [0.29, 0.717) is 17.1 Å². The van der Waals surface area contributed by atoms with Crippen LogP contribution in [0.4, 0.5) is 5.95 Å². The Hall–Kier alpha value is -2.58. The number of nitrogens with one attached hydrogen (secondary N) is 2. The van der Waals surface area contributed by atoms with E-state index in [9.17, 15) is 4.79 Å². The van der Waals surface area contributed by atoms with Gasteiger partial charge in [0, 0.05) is 23.5 Å². The fourth-order valence-corrected chi connectivity index (χ4v) is 1.39. The van der Waals surface area contributed by atoms with Gasteiger partial charge in [-0.05, 0) is 18.2 Å². The van der Waals surface area contributed by atoms with Crippen molar-refractivity contribution in [1.82, 2.24) is 9.97 Å². The predicted molar refractivity (Wildman–Crippen MR) is 66.9 cm³/mol. The van der Waals surface area contributed by atoms with Gasteiger partial charge in [-0.3, -0.25) is 10.1 Å². The van der Waals surface area contributed by atoms with E-state index in [1.165, 1.54) is 0 Å². The van der Waals surface area contributed by atoms with Crippen LogP contribution < -0.4 is 5.32 Å². The molecule has 18 heavy (non-hydrogen) atoms. The summed E-state index contributed by atoms with van der Waals surface area (Å²) in [4.78, 5) is 18.6. The van der Waals surface area contributed by atoms with Crippen LogP contribution in [0.5, 0.6) is 0 Å². The summed E-state index contributed by atoms with van der Waals surface area (Å²) >= 11 is 0. The monoisotopic (exact) mass is 241 g/mol. The number of H-pyrrole nitrogens is 1. The molecule has 5 heteroatoms. The minimum atomic E-state index is -0.266. The van der Waals surface area contributed by atoms with Crippen LogP contribution in [0, 0.1) is 11.8 Å². The first kappa shape index (κ1) is 11.9. The molecule has 1 aromatic heterocycles. The first-order valence-corrected chi connectivity index (χ1v) is 5.30. The lowest BCUT2D eigenvalue weighted by atomic mass is 10.1. The summed E-state index contributed by atoms with van der Waals surface area (Å²) < 4.78 is 0. The first-order valence-electron chi connectivity index (χ1n) is 5.30. The van der Waals surface area contributed by atoms with E-state index < -0.39 is 0 Å². The van der Waals surface area contributed by atoms with Crippen molar-refractivity contribution >= 4 is 11.9 Å². The minimum Gasteiger partial charge on any atom is -0.384 e. The third-order valence-electron chi connectivity index (χ3n) is 2.17. The third kappa shape index (κ3) is 2.97. The number of carbonyl (C=O) groups excluding carboxylic acids is 1. The summed E-state index contributed by atoms with van der Waals surface area (Å²) in [5.74, 6) is 5.41. The van der Waals surface area contributed by atoms with E-state index in [1.54, 1.807) is 36.7 Å². The van der Waals surface area contributed by atoms with Crippen LogP contribution in [0.2, 0.25) is 0 Å². The zero-order valence-electron chi connectivity index (χ0n) is 9.47. The molecule has 1 amide bonds. The highest BCUT2D eigenvalue weighted by Crippen LogP contribution is 2.06. The molecule has 1 heterocycles. The molecule has 3 N–H and O–H groups in total. The second kappa shape index (κ2) is 5.66. The Bertz CT molecular complexity index is 594. The molecule has 90 valence electrons. The molecule has 0 aliphatic heterocycles. The van der Waals surface area contributed by atoms with Crippen molar-refractivity contribution in [2.75, 3.05) is 11.9 Å². The largest absolute Gasteiger partial charge is 0.384 e. The smallest absolute Gasteiger partial charge is 0.258 e. The predicted octanol–water partition coefficient (Wildman–Crippen LogP) is 1.01. The molecule has 0 spiro atoms. The van der Waals surface area contributed by atoms with Gasteiger partial charge in [-0.1, -0.05) is 17.9 Å². The van der Waals surface area contributed by atoms with Gasteiger partial charge >= 0.3 is 0 Å². The minimum absolute atomic E-state index is 0.206. The fraction of sp³-hybridized carbons (Fsp3) is 0.0769. The molecule has 0 saturated carbocycles. The maximum atomic E-state index is 11.9. The van der Waals surface area contributed by atoms with E-state index in [1.807, 2.05) is 0 Å². The first-order chi connectivity index (χ1) is 8.79. The molecule has 0 saturated heterocycles. The molecule has 0 bridgehead atoms. The lowest BCUT2D eigenvalue weighted by Crippen LogP contribution is -2.12. The number of aromatic nitrogens is 2. The number of nitrogens with zero attached hydrogens (tertiary/aromatic N) is 1. The van der Waals surface area contributed by atoms with Gasteiger partial charge in [0.05, 0.1) is 0 Å². The summed E-state index contributed by atoms with van der Waals surface area (Å²) in [5.41, 5.74) is 1.16. The zero-order chi connectivity index (χ0) is 12.8. The average Bonchev–Trinajstić information content (AvgIpc) is 2.89. The highest BCUT2D eigenvalue weighted by atomic mass is 16.2. The third-order valence-corrected chi connectivity index (χ3v) is 2.17. The molecule has 2 rings (SSSR count). The highest BCUT2D eigenvalue weighted by Gasteiger charge is 2.07. The Labute approximate surface area is 104 Å². The maximum Gasteiger partial charge on any atom is 0.258 e. The van der Waals surface area contributed by atoms with Gasteiger partial charge in [-0.2, -0.15) is 0 Å². The van der Waals surface area contributed by atoms with Crippen molar-refractivity contribution in [1.29, 1.82) is 0 Å². The van der Waals surface area contributed by atoms with E-state index in [-0.39, 0.29) is 12.5 Å². The quantitative estimate of drug-likeness (QED) is 0.686. The van der Waals surface area contributed by atoms with Crippen LogP contribution in [0.3, 0.4) is 0 Å². The molecule has 5 nitrogen and oxygen atoms in total. The van der Waals surface area contributed by atoms with Crippen molar-refractivity contribution in [3.05, 3.63) is 47.8 Å². The number of aromatic amines is 1. The Morgan fingerprint density at radius 3 is 3.11 bits per heavy atom. The number of benzene rings is 1. The summed E-state index contributed by atoms with van der Waals surface area (Å²) in [6.07, 6.45) is 3.18. The summed E-state index contributed by atoms with van der Waals surface area (Å²) in [7, 11) is 0. The van der Waals surface area contributed by atoms with Crippen LogP contribution in [0.15, 0.2) is 36.7 Å². The van der Waals surface area contributed by atoms with Crippen molar-refractivity contribution in [2.24, 2.45) is 0 Å². The Balaban J connectivity index is 2.15. The molecule has 0 radical (unpaired) electrons. The second-order valence-corrected chi connectivity index (χ2v) is 3.43. The summed E-state index contributed by atoms with van der Waals surface area (Å²) in [5, 5.41) is 11.2. The number of imidazole rings is 1. The standard InChI is InChI=1S/C13H11N3O2/c17-8-2-4-10-3-1-5-11(9-10)12(18)16-13-14-6-7-15-13/h1,3,5-7,9,17H,8H2,(H2,14,15,16,18). The zero-order valence-corrected chi connectivity index (χ0v) is 9.47. The topological polar surface area (TPSA) is 78.0 Å². The fourth-order valence-electron chi connectivity index (χ4n) is 1.39. The number of hydrogen-bond acceptors (Lipinski definition) is 3. The number of aliphatic hydroxyl groups is 1.